The van der Waals surface area contributed by atoms with Gasteiger partial charge in [0.15, 0.2) is 0 Å². The molecule has 1 aromatic rings. The zero-order chi connectivity index (χ0) is 11.1. The molecule has 1 aromatic heterocycles. The number of nitrogens with zero attached hydrogens (tertiary/aromatic N) is 4. The largest absolute Gasteiger partial charge is 0.350 e. The average molecular weight is 235 g/mol. The summed E-state index contributed by atoms with van der Waals surface area (Å²) in [6.07, 6.45) is 4.89. The molecule has 0 aromatic carbocycles. The van der Waals surface area contributed by atoms with E-state index in [2.05, 4.69) is 14.9 Å². The first-order valence-corrected chi connectivity index (χ1v) is 5.89. The highest BCUT2D eigenvalue weighted by molar-refractivity contribution is 6.29. The van der Waals surface area contributed by atoms with Gasteiger partial charge in [-0.05, 0) is 25.7 Å². The molecule has 0 bridgehead atoms. The molecule has 2 aliphatic carbocycles. The lowest BCUT2D eigenvalue weighted by Gasteiger charge is -2.23. The molecular formula is C11H11ClN4. The van der Waals surface area contributed by atoms with Crippen molar-refractivity contribution in [1.29, 1.82) is 5.26 Å². The highest BCUT2D eigenvalue weighted by Crippen LogP contribution is 2.40. The third-order valence-corrected chi connectivity index (χ3v) is 3.12. The SMILES string of the molecule is N#Cc1nc(Cl)cc(N(C2CC2)C2CC2)n1. The summed E-state index contributed by atoms with van der Waals surface area (Å²) in [5.74, 6) is 0.982. The molecule has 2 aliphatic rings. The maximum atomic E-state index is 8.82. The molecule has 16 heavy (non-hydrogen) atoms. The Balaban J connectivity index is 1.97. The Bertz CT molecular complexity index is 448. The van der Waals surface area contributed by atoms with Gasteiger partial charge in [-0.15, -0.1) is 0 Å². The zero-order valence-electron chi connectivity index (χ0n) is 8.73. The van der Waals surface area contributed by atoms with Gasteiger partial charge in [-0.1, -0.05) is 11.6 Å². The third-order valence-electron chi connectivity index (χ3n) is 2.93. The van der Waals surface area contributed by atoms with Gasteiger partial charge in [-0.2, -0.15) is 5.26 Å². The van der Waals surface area contributed by atoms with Crippen molar-refractivity contribution in [2.45, 2.75) is 37.8 Å². The van der Waals surface area contributed by atoms with Gasteiger partial charge in [0, 0.05) is 18.2 Å². The van der Waals surface area contributed by atoms with E-state index in [9.17, 15) is 0 Å². The smallest absolute Gasteiger partial charge is 0.235 e. The van der Waals surface area contributed by atoms with Crippen molar-refractivity contribution >= 4 is 17.4 Å². The Morgan fingerprint density at radius 2 is 1.88 bits per heavy atom. The Morgan fingerprint density at radius 3 is 2.38 bits per heavy atom. The summed E-state index contributed by atoms with van der Waals surface area (Å²) in [6, 6.07) is 4.92. The minimum Gasteiger partial charge on any atom is -0.350 e. The van der Waals surface area contributed by atoms with Crippen LogP contribution in [0.25, 0.3) is 0 Å². The summed E-state index contributed by atoms with van der Waals surface area (Å²) in [6.45, 7) is 0. The molecule has 0 amide bonds. The van der Waals surface area contributed by atoms with Gasteiger partial charge in [-0.25, -0.2) is 9.97 Å². The molecule has 0 saturated heterocycles. The highest BCUT2D eigenvalue weighted by atomic mass is 35.5. The van der Waals surface area contributed by atoms with Crippen LogP contribution < -0.4 is 4.90 Å². The monoisotopic (exact) mass is 234 g/mol. The zero-order valence-corrected chi connectivity index (χ0v) is 9.48. The number of halogens is 1. The molecule has 0 spiro atoms. The second kappa shape index (κ2) is 3.60. The summed E-state index contributed by atoms with van der Waals surface area (Å²) in [5, 5.41) is 9.18. The van der Waals surface area contributed by atoms with Crippen LogP contribution in [0.4, 0.5) is 5.82 Å². The quantitative estimate of drug-likeness (QED) is 0.752. The van der Waals surface area contributed by atoms with Gasteiger partial charge in [0.05, 0.1) is 0 Å². The number of nitriles is 1. The van der Waals surface area contributed by atoms with Gasteiger partial charge in [-0.3, -0.25) is 0 Å². The molecule has 4 nitrogen and oxygen atoms in total. The summed E-state index contributed by atoms with van der Waals surface area (Å²) in [5.41, 5.74) is 0. The van der Waals surface area contributed by atoms with Crippen molar-refractivity contribution in [2.75, 3.05) is 4.90 Å². The van der Waals surface area contributed by atoms with Gasteiger partial charge in [0.2, 0.25) is 5.82 Å². The minimum atomic E-state index is 0.161. The number of rotatable bonds is 3. The maximum Gasteiger partial charge on any atom is 0.235 e. The van der Waals surface area contributed by atoms with Crippen molar-refractivity contribution in [2.24, 2.45) is 0 Å². The maximum absolute atomic E-state index is 8.82. The fourth-order valence-corrected chi connectivity index (χ4v) is 2.14. The molecule has 2 saturated carbocycles. The molecule has 0 atom stereocenters. The van der Waals surface area contributed by atoms with E-state index in [0.29, 0.717) is 17.2 Å². The van der Waals surface area contributed by atoms with E-state index in [1.165, 1.54) is 25.7 Å². The van der Waals surface area contributed by atoms with Crippen LogP contribution in [-0.4, -0.2) is 22.1 Å². The normalized spacial score (nSPS) is 19.2. The number of aromatic nitrogens is 2. The fourth-order valence-electron chi connectivity index (χ4n) is 1.97. The first-order valence-electron chi connectivity index (χ1n) is 5.51. The Labute approximate surface area is 98.9 Å². The lowest BCUT2D eigenvalue weighted by molar-refractivity contribution is 0.769. The molecule has 3 rings (SSSR count). The van der Waals surface area contributed by atoms with Crippen LogP contribution in [0.5, 0.6) is 0 Å². The van der Waals surface area contributed by atoms with Crippen molar-refractivity contribution < 1.29 is 0 Å². The van der Waals surface area contributed by atoms with Crippen LogP contribution in [-0.2, 0) is 0 Å². The van der Waals surface area contributed by atoms with E-state index in [1.807, 2.05) is 6.07 Å². The topological polar surface area (TPSA) is 52.8 Å². The van der Waals surface area contributed by atoms with E-state index < -0.39 is 0 Å². The van der Waals surface area contributed by atoms with E-state index in [0.717, 1.165) is 5.82 Å². The average Bonchev–Trinajstić information content (AvgIpc) is 3.10. The summed E-state index contributed by atoms with van der Waals surface area (Å²) in [4.78, 5) is 10.4. The number of hydrogen-bond acceptors (Lipinski definition) is 4. The van der Waals surface area contributed by atoms with E-state index in [4.69, 9.17) is 16.9 Å². The Morgan fingerprint density at radius 1 is 1.25 bits per heavy atom. The van der Waals surface area contributed by atoms with Crippen molar-refractivity contribution in [3.8, 4) is 6.07 Å². The molecule has 82 valence electrons. The van der Waals surface area contributed by atoms with Crippen LogP contribution >= 0.6 is 11.6 Å². The van der Waals surface area contributed by atoms with Gasteiger partial charge < -0.3 is 4.90 Å². The molecule has 2 fully saturated rings. The van der Waals surface area contributed by atoms with E-state index in [-0.39, 0.29) is 5.82 Å². The number of hydrogen-bond donors (Lipinski definition) is 0. The first kappa shape index (κ1) is 9.86. The van der Waals surface area contributed by atoms with Crippen LogP contribution in [0.3, 0.4) is 0 Å². The van der Waals surface area contributed by atoms with Crippen LogP contribution in [0.2, 0.25) is 5.15 Å². The van der Waals surface area contributed by atoms with Crippen molar-refractivity contribution in [1.82, 2.24) is 9.97 Å². The van der Waals surface area contributed by atoms with Crippen LogP contribution in [0.15, 0.2) is 6.07 Å². The van der Waals surface area contributed by atoms with Gasteiger partial charge in [0.25, 0.3) is 0 Å². The van der Waals surface area contributed by atoms with Crippen LogP contribution in [0.1, 0.15) is 31.5 Å². The van der Waals surface area contributed by atoms with Crippen molar-refractivity contribution in [3.63, 3.8) is 0 Å². The molecule has 0 N–H and O–H groups in total. The van der Waals surface area contributed by atoms with E-state index >= 15 is 0 Å². The molecule has 5 heteroatoms. The minimum absolute atomic E-state index is 0.161. The lowest BCUT2D eigenvalue weighted by Crippen LogP contribution is -2.29. The predicted octanol–water partition coefficient (Wildman–Crippen LogP) is 2.13. The highest BCUT2D eigenvalue weighted by Gasteiger charge is 2.40. The standard InChI is InChI=1S/C11H11ClN4/c12-9-5-11(15-10(6-13)14-9)16(7-1-2-7)8-3-4-8/h5,7-8H,1-4H2. The molecular weight excluding hydrogens is 224 g/mol. The predicted molar refractivity (Wildman–Crippen MR) is 60.3 cm³/mol. The number of anilines is 1. The summed E-state index contributed by atoms with van der Waals surface area (Å²) >= 11 is 5.89. The van der Waals surface area contributed by atoms with Crippen LogP contribution in [0, 0.1) is 11.3 Å². The molecule has 1 heterocycles. The molecule has 0 unspecified atom stereocenters. The van der Waals surface area contributed by atoms with Gasteiger partial charge in [0.1, 0.15) is 17.0 Å². The second-order valence-electron chi connectivity index (χ2n) is 4.35. The second-order valence-corrected chi connectivity index (χ2v) is 4.74. The first-order chi connectivity index (χ1) is 7.78. The summed E-state index contributed by atoms with van der Waals surface area (Å²) < 4.78 is 0. The Hall–Kier alpha value is -1.34. The molecule has 0 aliphatic heterocycles. The van der Waals surface area contributed by atoms with Crippen molar-refractivity contribution in [3.05, 3.63) is 17.0 Å². The summed E-state index contributed by atoms with van der Waals surface area (Å²) in [7, 11) is 0. The lowest BCUT2D eigenvalue weighted by atomic mass is 10.4. The Kier molecular flexibility index (Phi) is 2.22. The van der Waals surface area contributed by atoms with E-state index in [1.54, 1.807) is 6.07 Å². The fraction of sp³-hybridized carbons (Fsp3) is 0.545. The third kappa shape index (κ3) is 1.83. The van der Waals surface area contributed by atoms with Gasteiger partial charge >= 0.3 is 0 Å². The molecule has 0 radical (unpaired) electrons.